The Bertz CT molecular complexity index is 551. The van der Waals surface area contributed by atoms with Crippen LogP contribution in [0.15, 0.2) is 35.4 Å². The topological polar surface area (TPSA) is 39.8 Å². The lowest BCUT2D eigenvalue weighted by Gasteiger charge is -2.06. The molecule has 0 fully saturated rings. The van der Waals surface area contributed by atoms with Crippen molar-refractivity contribution in [2.75, 3.05) is 0 Å². The molecule has 0 radical (unpaired) electrons. The summed E-state index contributed by atoms with van der Waals surface area (Å²) < 4.78 is 3.10. The van der Waals surface area contributed by atoms with E-state index in [1.54, 1.807) is 10.9 Å². The van der Waals surface area contributed by atoms with Crippen LogP contribution in [0.3, 0.4) is 0 Å². The van der Waals surface area contributed by atoms with Crippen LogP contribution in [-0.2, 0) is 0 Å². The van der Waals surface area contributed by atoms with Crippen LogP contribution in [0, 0.1) is 6.92 Å². The molecular formula is C13H17N3O. The molecular weight excluding hydrogens is 214 g/mol. The Morgan fingerprint density at radius 1 is 1.29 bits per heavy atom. The first-order valence-electron chi connectivity index (χ1n) is 5.86. The van der Waals surface area contributed by atoms with Gasteiger partial charge in [0.15, 0.2) is 0 Å². The molecule has 0 aliphatic rings. The van der Waals surface area contributed by atoms with E-state index in [-0.39, 0.29) is 11.7 Å². The van der Waals surface area contributed by atoms with E-state index in [4.69, 9.17) is 0 Å². The standard InChI is InChI=1S/C13H17N3O/c1-4-11(3)16-13(17)15(9-14-16)12-7-5-10(2)6-8-12/h5-9,11H,4H2,1-3H3. The molecule has 1 heterocycles. The van der Waals surface area contributed by atoms with Crippen LogP contribution in [0.1, 0.15) is 31.9 Å². The molecule has 1 unspecified atom stereocenters. The summed E-state index contributed by atoms with van der Waals surface area (Å²) in [6, 6.07) is 7.97. The lowest BCUT2D eigenvalue weighted by atomic mass is 10.2. The van der Waals surface area contributed by atoms with E-state index in [0.29, 0.717) is 0 Å². The lowest BCUT2D eigenvalue weighted by molar-refractivity contribution is 0.460. The van der Waals surface area contributed by atoms with Crippen LogP contribution in [0.5, 0.6) is 0 Å². The molecule has 2 aromatic rings. The molecule has 0 N–H and O–H groups in total. The summed E-state index contributed by atoms with van der Waals surface area (Å²) in [5.74, 6) is 0. The van der Waals surface area contributed by atoms with Crippen molar-refractivity contribution in [2.24, 2.45) is 0 Å². The van der Waals surface area contributed by atoms with Gasteiger partial charge in [-0.2, -0.15) is 5.10 Å². The number of hydrogen-bond donors (Lipinski definition) is 0. The summed E-state index contributed by atoms with van der Waals surface area (Å²) in [7, 11) is 0. The predicted molar refractivity (Wildman–Crippen MR) is 67.6 cm³/mol. The van der Waals surface area contributed by atoms with Crippen molar-refractivity contribution in [1.82, 2.24) is 14.3 Å². The molecule has 0 spiro atoms. The van der Waals surface area contributed by atoms with Gasteiger partial charge in [0.1, 0.15) is 6.33 Å². The summed E-state index contributed by atoms with van der Waals surface area (Å²) in [6.45, 7) is 6.06. The second kappa shape index (κ2) is 4.57. The zero-order valence-electron chi connectivity index (χ0n) is 10.4. The zero-order chi connectivity index (χ0) is 12.4. The SMILES string of the molecule is CCC(C)n1ncn(-c2ccc(C)cc2)c1=O. The Labute approximate surface area is 101 Å². The van der Waals surface area contributed by atoms with Crippen LogP contribution in [0.25, 0.3) is 5.69 Å². The smallest absolute Gasteiger partial charge is 0.250 e. The largest absolute Gasteiger partial charge is 0.350 e. The van der Waals surface area contributed by atoms with E-state index < -0.39 is 0 Å². The van der Waals surface area contributed by atoms with Gasteiger partial charge in [-0.25, -0.2) is 14.0 Å². The van der Waals surface area contributed by atoms with E-state index in [9.17, 15) is 4.79 Å². The molecule has 1 aromatic heterocycles. The van der Waals surface area contributed by atoms with Gasteiger partial charge < -0.3 is 0 Å². The van der Waals surface area contributed by atoms with Crippen LogP contribution < -0.4 is 5.69 Å². The van der Waals surface area contributed by atoms with Crippen LogP contribution in [0.2, 0.25) is 0 Å². The minimum Gasteiger partial charge on any atom is -0.250 e. The van der Waals surface area contributed by atoms with Crippen molar-refractivity contribution in [2.45, 2.75) is 33.2 Å². The third-order valence-electron chi connectivity index (χ3n) is 3.01. The summed E-state index contributed by atoms with van der Waals surface area (Å²) in [5, 5.41) is 4.15. The molecule has 0 saturated carbocycles. The fourth-order valence-electron chi connectivity index (χ4n) is 1.67. The van der Waals surface area contributed by atoms with E-state index in [1.165, 1.54) is 10.2 Å². The third kappa shape index (κ3) is 2.16. The van der Waals surface area contributed by atoms with E-state index in [1.807, 2.05) is 45.0 Å². The number of benzene rings is 1. The number of rotatable bonds is 3. The van der Waals surface area contributed by atoms with Crippen molar-refractivity contribution in [3.63, 3.8) is 0 Å². The maximum atomic E-state index is 12.1. The highest BCUT2D eigenvalue weighted by molar-refractivity contribution is 5.33. The fourth-order valence-corrected chi connectivity index (χ4v) is 1.67. The molecule has 2 rings (SSSR count). The maximum Gasteiger partial charge on any atom is 0.350 e. The normalized spacial score (nSPS) is 12.6. The highest BCUT2D eigenvalue weighted by Crippen LogP contribution is 2.08. The summed E-state index contributed by atoms with van der Waals surface area (Å²) in [5.41, 5.74) is 1.95. The third-order valence-corrected chi connectivity index (χ3v) is 3.01. The van der Waals surface area contributed by atoms with Crippen LogP contribution >= 0.6 is 0 Å². The molecule has 0 aliphatic carbocycles. The minimum absolute atomic E-state index is 0.0804. The first-order valence-corrected chi connectivity index (χ1v) is 5.86. The summed E-state index contributed by atoms with van der Waals surface area (Å²) in [4.78, 5) is 12.1. The summed E-state index contributed by atoms with van der Waals surface area (Å²) in [6.07, 6.45) is 2.48. The molecule has 0 saturated heterocycles. The second-order valence-corrected chi connectivity index (χ2v) is 4.32. The Morgan fingerprint density at radius 2 is 1.94 bits per heavy atom. The van der Waals surface area contributed by atoms with Crippen LogP contribution in [0.4, 0.5) is 0 Å². The van der Waals surface area contributed by atoms with Gasteiger partial charge >= 0.3 is 5.69 Å². The first-order chi connectivity index (χ1) is 8.13. The minimum atomic E-state index is -0.0804. The number of aromatic nitrogens is 3. The van der Waals surface area contributed by atoms with Crippen LogP contribution in [-0.4, -0.2) is 14.3 Å². The van der Waals surface area contributed by atoms with E-state index in [0.717, 1.165) is 12.1 Å². The van der Waals surface area contributed by atoms with Crippen molar-refractivity contribution >= 4 is 0 Å². The summed E-state index contributed by atoms with van der Waals surface area (Å²) >= 11 is 0. The Kier molecular flexibility index (Phi) is 3.13. The van der Waals surface area contributed by atoms with E-state index in [2.05, 4.69) is 5.10 Å². The maximum absolute atomic E-state index is 12.1. The zero-order valence-corrected chi connectivity index (χ0v) is 10.4. The Hall–Kier alpha value is -1.84. The molecule has 17 heavy (non-hydrogen) atoms. The molecule has 1 aromatic carbocycles. The van der Waals surface area contributed by atoms with Gasteiger partial charge in [-0.05, 0) is 32.4 Å². The van der Waals surface area contributed by atoms with Crippen molar-refractivity contribution < 1.29 is 0 Å². The molecule has 4 nitrogen and oxygen atoms in total. The van der Waals surface area contributed by atoms with E-state index >= 15 is 0 Å². The van der Waals surface area contributed by atoms with Gasteiger partial charge in [0.25, 0.3) is 0 Å². The number of aryl methyl sites for hydroxylation is 1. The van der Waals surface area contributed by atoms with Gasteiger partial charge in [0.2, 0.25) is 0 Å². The average Bonchev–Trinajstić information content (AvgIpc) is 2.71. The monoisotopic (exact) mass is 231 g/mol. The van der Waals surface area contributed by atoms with Gasteiger partial charge in [-0.15, -0.1) is 0 Å². The Balaban J connectivity index is 2.44. The predicted octanol–water partition coefficient (Wildman–Crippen LogP) is 2.31. The van der Waals surface area contributed by atoms with Gasteiger partial charge in [-0.1, -0.05) is 24.6 Å². The highest BCUT2D eigenvalue weighted by Gasteiger charge is 2.10. The fraction of sp³-hybridized carbons (Fsp3) is 0.385. The number of nitrogens with zero attached hydrogens (tertiary/aromatic N) is 3. The molecule has 1 atom stereocenters. The van der Waals surface area contributed by atoms with Crippen molar-refractivity contribution in [1.29, 1.82) is 0 Å². The molecule has 0 bridgehead atoms. The molecule has 90 valence electrons. The lowest BCUT2D eigenvalue weighted by Crippen LogP contribution is -2.26. The quantitative estimate of drug-likeness (QED) is 0.813. The van der Waals surface area contributed by atoms with Gasteiger partial charge in [0.05, 0.1) is 11.7 Å². The van der Waals surface area contributed by atoms with Crippen molar-refractivity contribution in [3.05, 3.63) is 46.6 Å². The molecule has 0 amide bonds. The van der Waals surface area contributed by atoms with Crippen molar-refractivity contribution in [3.8, 4) is 5.69 Å². The highest BCUT2D eigenvalue weighted by atomic mass is 16.2. The number of hydrogen-bond acceptors (Lipinski definition) is 2. The van der Waals surface area contributed by atoms with Gasteiger partial charge in [-0.3, -0.25) is 0 Å². The average molecular weight is 231 g/mol. The first kappa shape index (κ1) is 11.6. The molecule has 4 heteroatoms. The Morgan fingerprint density at radius 3 is 2.53 bits per heavy atom. The van der Waals surface area contributed by atoms with Gasteiger partial charge in [0, 0.05) is 0 Å². The molecule has 0 aliphatic heterocycles. The second-order valence-electron chi connectivity index (χ2n) is 4.32.